The molecular formula is C25H28ClN3O4. The topological polar surface area (TPSA) is 63.6 Å². The fraction of sp³-hybridized carbons (Fsp3) is 0.440. The van der Waals surface area contributed by atoms with Crippen LogP contribution >= 0.6 is 11.6 Å². The number of esters is 1. The first-order valence-electron chi connectivity index (χ1n) is 11.4. The molecule has 3 heterocycles. The van der Waals surface area contributed by atoms with Crippen molar-refractivity contribution in [2.75, 3.05) is 39.9 Å². The van der Waals surface area contributed by atoms with Gasteiger partial charge in [-0.05, 0) is 37.4 Å². The Labute approximate surface area is 198 Å². The number of rotatable bonds is 3. The van der Waals surface area contributed by atoms with Crippen LogP contribution in [0.4, 0.5) is 5.69 Å². The summed E-state index contributed by atoms with van der Waals surface area (Å²) in [6, 6.07) is 13.4. The summed E-state index contributed by atoms with van der Waals surface area (Å²) < 4.78 is 17.3. The number of carbonyl (C=O) groups is 1. The molecule has 0 radical (unpaired) electrons. The van der Waals surface area contributed by atoms with E-state index in [-0.39, 0.29) is 18.1 Å². The van der Waals surface area contributed by atoms with Crippen molar-refractivity contribution in [2.45, 2.75) is 31.4 Å². The quantitative estimate of drug-likeness (QED) is 0.626. The molecule has 174 valence electrons. The van der Waals surface area contributed by atoms with Crippen LogP contribution < -0.4 is 4.74 Å². The Kier molecular flexibility index (Phi) is 6.53. The molecule has 0 aromatic heterocycles. The van der Waals surface area contributed by atoms with E-state index in [1.807, 2.05) is 36.4 Å². The van der Waals surface area contributed by atoms with E-state index in [0.717, 1.165) is 43.1 Å². The maximum absolute atomic E-state index is 12.7. The lowest BCUT2D eigenvalue weighted by Crippen LogP contribution is -2.54. The van der Waals surface area contributed by atoms with Crippen LogP contribution in [-0.4, -0.2) is 73.6 Å². The van der Waals surface area contributed by atoms with Gasteiger partial charge in [0.2, 0.25) is 0 Å². The first kappa shape index (κ1) is 22.2. The van der Waals surface area contributed by atoms with Crippen molar-refractivity contribution in [1.82, 2.24) is 9.80 Å². The molecule has 3 aliphatic heterocycles. The van der Waals surface area contributed by atoms with Crippen molar-refractivity contribution >= 4 is 29.1 Å². The molecule has 0 saturated carbocycles. The number of benzene rings is 2. The minimum Gasteiger partial charge on any atom is -0.462 e. The van der Waals surface area contributed by atoms with E-state index in [1.54, 1.807) is 6.07 Å². The minimum absolute atomic E-state index is 0.0314. The van der Waals surface area contributed by atoms with Crippen molar-refractivity contribution in [2.24, 2.45) is 4.99 Å². The maximum atomic E-state index is 12.7. The monoisotopic (exact) mass is 469 g/mol. The van der Waals surface area contributed by atoms with Crippen molar-refractivity contribution in [3.05, 3.63) is 53.1 Å². The number of likely N-dealkylation sites (N-methyl/N-ethyl adjacent to an activating group) is 1. The first-order chi connectivity index (χ1) is 16.1. The Morgan fingerprint density at radius 2 is 1.97 bits per heavy atom. The summed E-state index contributed by atoms with van der Waals surface area (Å²) in [5.74, 6) is 2.12. The number of halogens is 1. The number of hydrogen-bond acceptors (Lipinski definition) is 7. The molecule has 1 unspecified atom stereocenters. The molecule has 3 aliphatic rings. The van der Waals surface area contributed by atoms with Gasteiger partial charge in [-0.25, -0.2) is 4.99 Å². The average molecular weight is 470 g/mol. The van der Waals surface area contributed by atoms with Gasteiger partial charge in [0.05, 0.1) is 25.2 Å². The third kappa shape index (κ3) is 5.00. The number of ether oxygens (including phenoxy) is 3. The molecule has 0 N–H and O–H groups in total. The van der Waals surface area contributed by atoms with E-state index in [1.165, 1.54) is 0 Å². The molecule has 0 aliphatic carbocycles. The predicted octanol–water partition coefficient (Wildman–Crippen LogP) is 4.25. The Bertz CT molecular complexity index is 1050. The third-order valence-corrected chi connectivity index (χ3v) is 6.68. The molecule has 1 atom stereocenters. The summed E-state index contributed by atoms with van der Waals surface area (Å²) in [5.41, 5.74) is 1.63. The zero-order valence-corrected chi connectivity index (χ0v) is 19.5. The molecule has 5 rings (SSSR count). The zero-order valence-electron chi connectivity index (χ0n) is 18.7. The molecule has 0 amide bonds. The lowest BCUT2D eigenvalue weighted by Gasteiger charge is -2.40. The number of aliphatic imine (C=N–C) groups is 1. The fourth-order valence-corrected chi connectivity index (χ4v) is 4.68. The van der Waals surface area contributed by atoms with Crippen molar-refractivity contribution in [1.29, 1.82) is 0 Å². The van der Waals surface area contributed by atoms with Crippen LogP contribution in [0.2, 0.25) is 5.02 Å². The molecule has 2 saturated heterocycles. The molecule has 2 fully saturated rings. The van der Waals surface area contributed by atoms with Gasteiger partial charge in [-0.15, -0.1) is 0 Å². The van der Waals surface area contributed by atoms with Gasteiger partial charge in [-0.2, -0.15) is 0 Å². The number of hydrogen-bond donors (Lipinski definition) is 0. The lowest BCUT2D eigenvalue weighted by molar-refractivity contribution is -0.154. The van der Waals surface area contributed by atoms with Gasteiger partial charge in [0.15, 0.2) is 5.75 Å². The van der Waals surface area contributed by atoms with Crippen molar-refractivity contribution in [3.63, 3.8) is 0 Å². The Morgan fingerprint density at radius 3 is 2.82 bits per heavy atom. The smallest absolute Gasteiger partial charge is 0.307 e. The second-order valence-corrected chi connectivity index (χ2v) is 9.17. The van der Waals surface area contributed by atoms with Gasteiger partial charge in [-0.3, -0.25) is 9.69 Å². The largest absolute Gasteiger partial charge is 0.462 e. The number of fused-ring (bicyclic) bond motifs is 2. The molecule has 2 aromatic rings. The van der Waals surface area contributed by atoms with Crippen LogP contribution in [0.15, 0.2) is 47.5 Å². The normalized spacial score (nSPS) is 21.3. The second kappa shape index (κ2) is 9.71. The number of para-hydroxylation sites is 1. The molecule has 0 bridgehead atoms. The van der Waals surface area contributed by atoms with Crippen LogP contribution in [0.1, 0.15) is 24.8 Å². The number of carbonyl (C=O) groups excluding carboxylic acids is 1. The van der Waals surface area contributed by atoms with Gasteiger partial charge < -0.3 is 19.1 Å². The van der Waals surface area contributed by atoms with Crippen molar-refractivity contribution < 1.29 is 19.0 Å². The Hall–Kier alpha value is -2.61. The van der Waals surface area contributed by atoms with Crippen LogP contribution in [-0.2, 0) is 14.3 Å². The van der Waals surface area contributed by atoms with Gasteiger partial charge in [0, 0.05) is 43.5 Å². The van der Waals surface area contributed by atoms with Gasteiger partial charge in [0.1, 0.15) is 23.4 Å². The van der Waals surface area contributed by atoms with E-state index in [2.05, 4.69) is 16.8 Å². The van der Waals surface area contributed by atoms with Crippen LogP contribution in [0.3, 0.4) is 0 Å². The van der Waals surface area contributed by atoms with Gasteiger partial charge in [0.25, 0.3) is 0 Å². The van der Waals surface area contributed by atoms with Gasteiger partial charge >= 0.3 is 5.97 Å². The van der Waals surface area contributed by atoms with Crippen LogP contribution in [0.25, 0.3) is 0 Å². The highest BCUT2D eigenvalue weighted by atomic mass is 35.5. The van der Waals surface area contributed by atoms with Crippen molar-refractivity contribution in [3.8, 4) is 11.5 Å². The summed E-state index contributed by atoms with van der Waals surface area (Å²) >= 11 is 6.25. The fourth-order valence-electron chi connectivity index (χ4n) is 4.52. The van der Waals surface area contributed by atoms with Crippen LogP contribution in [0, 0.1) is 0 Å². The predicted molar refractivity (Wildman–Crippen MR) is 127 cm³/mol. The van der Waals surface area contributed by atoms with E-state index < -0.39 is 0 Å². The highest BCUT2D eigenvalue weighted by Gasteiger charge is 2.32. The second-order valence-electron chi connectivity index (χ2n) is 8.73. The van der Waals surface area contributed by atoms with Crippen LogP contribution in [0.5, 0.6) is 11.5 Å². The molecule has 0 spiro atoms. The first-order valence-corrected chi connectivity index (χ1v) is 11.8. The molecular weight excluding hydrogens is 442 g/mol. The van der Waals surface area contributed by atoms with E-state index in [9.17, 15) is 4.79 Å². The average Bonchev–Trinajstić information content (AvgIpc) is 2.98. The lowest BCUT2D eigenvalue weighted by atomic mass is 10.1. The summed E-state index contributed by atoms with van der Waals surface area (Å²) in [5, 5.41) is 0.610. The summed E-state index contributed by atoms with van der Waals surface area (Å²) in [6.45, 7) is 3.59. The SMILES string of the molecule is CN1CCN(C2=Nc3cc(Cl)ccc3Oc3ccccc32)CC1CC(=O)OC1CCOCC1. The Balaban J connectivity index is 1.37. The maximum Gasteiger partial charge on any atom is 0.307 e. The zero-order chi connectivity index (χ0) is 22.8. The molecule has 7 nitrogen and oxygen atoms in total. The Morgan fingerprint density at radius 1 is 1.15 bits per heavy atom. The van der Waals surface area contributed by atoms with E-state index >= 15 is 0 Å². The van der Waals surface area contributed by atoms with Gasteiger partial charge in [-0.1, -0.05) is 23.7 Å². The standard InChI is InChI=1S/C25H28ClN3O4/c1-28-10-11-29(16-18(28)15-24(30)32-19-8-12-31-13-9-19)25-20-4-2-3-5-22(20)33-23-7-6-17(26)14-21(23)27-25/h2-7,14,18-19H,8-13,15-16H2,1H3. The number of amidine groups is 1. The van der Waals surface area contributed by atoms with E-state index in [4.69, 9.17) is 30.8 Å². The number of piperazine rings is 1. The highest BCUT2D eigenvalue weighted by Crippen LogP contribution is 2.39. The molecule has 2 aromatic carbocycles. The minimum atomic E-state index is -0.149. The molecule has 8 heteroatoms. The summed E-state index contributed by atoms with van der Waals surface area (Å²) in [4.78, 5) is 22.1. The number of nitrogens with zero attached hydrogens (tertiary/aromatic N) is 3. The summed E-state index contributed by atoms with van der Waals surface area (Å²) in [6.07, 6.45) is 1.85. The summed E-state index contributed by atoms with van der Waals surface area (Å²) in [7, 11) is 2.06. The van der Waals surface area contributed by atoms with E-state index in [0.29, 0.717) is 42.6 Å². The highest BCUT2D eigenvalue weighted by molar-refractivity contribution is 6.31. The molecule has 33 heavy (non-hydrogen) atoms. The third-order valence-electron chi connectivity index (χ3n) is 6.44.